The maximum atomic E-state index is 11.8. The van der Waals surface area contributed by atoms with Crippen LogP contribution in [0.25, 0.3) is 0 Å². The second-order valence-electron chi connectivity index (χ2n) is 2.49. The Labute approximate surface area is 88.1 Å². The average Bonchev–Trinajstić information content (AvgIpc) is 2.14. The van der Waals surface area contributed by atoms with Crippen LogP contribution in [0, 0.1) is 11.3 Å². The third kappa shape index (κ3) is 3.64. The maximum absolute atomic E-state index is 11.8. The van der Waals surface area contributed by atoms with E-state index in [2.05, 4.69) is 9.72 Å². The number of hydrogen-bond acceptors (Lipinski definition) is 3. The van der Waals surface area contributed by atoms with Gasteiger partial charge in [-0.05, 0) is 11.6 Å². The standard InChI is InChI=1S/C8H4ClF3N2O/c9-3-5-1-6(4-13)14-7(2-5)15-8(10,11)12/h1-2H,3H2. The van der Waals surface area contributed by atoms with E-state index in [4.69, 9.17) is 16.9 Å². The molecule has 0 N–H and O–H groups in total. The van der Waals surface area contributed by atoms with E-state index in [0.29, 0.717) is 5.56 Å². The zero-order valence-electron chi connectivity index (χ0n) is 7.18. The van der Waals surface area contributed by atoms with Crippen LogP contribution in [0.15, 0.2) is 12.1 Å². The molecule has 1 aromatic heterocycles. The first-order valence-electron chi connectivity index (χ1n) is 3.67. The van der Waals surface area contributed by atoms with Crippen LogP contribution in [0.1, 0.15) is 11.3 Å². The van der Waals surface area contributed by atoms with Gasteiger partial charge in [-0.1, -0.05) is 0 Å². The minimum Gasteiger partial charge on any atom is -0.388 e. The van der Waals surface area contributed by atoms with E-state index in [1.165, 1.54) is 6.07 Å². The summed E-state index contributed by atoms with van der Waals surface area (Å²) in [7, 11) is 0. The molecule has 0 aliphatic rings. The molecular weight excluding hydrogens is 233 g/mol. The fourth-order valence-electron chi connectivity index (χ4n) is 0.864. The molecule has 1 rings (SSSR count). The molecule has 0 atom stereocenters. The van der Waals surface area contributed by atoms with E-state index in [9.17, 15) is 13.2 Å². The quantitative estimate of drug-likeness (QED) is 0.742. The molecule has 15 heavy (non-hydrogen) atoms. The SMILES string of the molecule is N#Cc1cc(CCl)cc(OC(F)(F)F)n1. The van der Waals surface area contributed by atoms with Crippen molar-refractivity contribution in [3.8, 4) is 11.9 Å². The Morgan fingerprint density at radius 2 is 2.13 bits per heavy atom. The number of halogens is 4. The molecule has 0 aliphatic heterocycles. The lowest BCUT2D eigenvalue weighted by Crippen LogP contribution is -2.18. The third-order valence-corrected chi connectivity index (χ3v) is 1.66. The molecule has 0 unspecified atom stereocenters. The van der Waals surface area contributed by atoms with Crippen molar-refractivity contribution in [2.75, 3.05) is 0 Å². The van der Waals surface area contributed by atoms with Gasteiger partial charge in [0.25, 0.3) is 0 Å². The molecule has 3 nitrogen and oxygen atoms in total. The van der Waals surface area contributed by atoms with Gasteiger partial charge in [0.15, 0.2) is 0 Å². The summed E-state index contributed by atoms with van der Waals surface area (Å²) in [5.41, 5.74) is 0.162. The Kier molecular flexibility index (Phi) is 3.37. The van der Waals surface area contributed by atoms with Crippen molar-refractivity contribution in [3.63, 3.8) is 0 Å². The van der Waals surface area contributed by atoms with Gasteiger partial charge in [-0.2, -0.15) is 5.26 Å². The number of rotatable bonds is 2. The molecule has 0 spiro atoms. The second kappa shape index (κ2) is 4.36. The van der Waals surface area contributed by atoms with E-state index in [-0.39, 0.29) is 11.6 Å². The largest absolute Gasteiger partial charge is 0.574 e. The molecule has 1 aromatic rings. The van der Waals surface area contributed by atoms with Gasteiger partial charge in [0.2, 0.25) is 5.88 Å². The number of nitrogens with zero attached hydrogens (tertiary/aromatic N) is 2. The smallest absolute Gasteiger partial charge is 0.388 e. The Morgan fingerprint density at radius 1 is 1.47 bits per heavy atom. The van der Waals surface area contributed by atoms with Gasteiger partial charge in [0, 0.05) is 11.9 Å². The second-order valence-corrected chi connectivity index (χ2v) is 2.76. The fourth-order valence-corrected chi connectivity index (χ4v) is 1.02. The third-order valence-electron chi connectivity index (χ3n) is 1.35. The van der Waals surface area contributed by atoms with Crippen LogP contribution in [-0.4, -0.2) is 11.3 Å². The summed E-state index contributed by atoms with van der Waals surface area (Å²) in [6.45, 7) is 0. The van der Waals surface area contributed by atoms with Gasteiger partial charge in [0.05, 0.1) is 0 Å². The number of hydrogen-bond donors (Lipinski definition) is 0. The van der Waals surface area contributed by atoms with Crippen LogP contribution in [0.3, 0.4) is 0 Å². The van der Waals surface area contributed by atoms with Crippen molar-refractivity contribution in [1.29, 1.82) is 5.26 Å². The summed E-state index contributed by atoms with van der Waals surface area (Å²) in [4.78, 5) is 3.32. The Hall–Kier alpha value is -1.48. The maximum Gasteiger partial charge on any atom is 0.574 e. The topological polar surface area (TPSA) is 45.9 Å². The monoisotopic (exact) mass is 236 g/mol. The van der Waals surface area contributed by atoms with Gasteiger partial charge < -0.3 is 4.74 Å². The Bertz CT molecular complexity index is 400. The lowest BCUT2D eigenvalue weighted by molar-refractivity contribution is -0.276. The lowest BCUT2D eigenvalue weighted by atomic mass is 10.2. The van der Waals surface area contributed by atoms with Gasteiger partial charge in [0.1, 0.15) is 11.8 Å². The van der Waals surface area contributed by atoms with Gasteiger partial charge in [-0.3, -0.25) is 0 Å². The predicted octanol–water partition coefficient (Wildman–Crippen LogP) is 2.59. The molecule has 0 saturated heterocycles. The summed E-state index contributed by atoms with van der Waals surface area (Å²) < 4.78 is 39.1. The number of ether oxygens (including phenoxy) is 1. The molecule has 0 aromatic carbocycles. The van der Waals surface area contributed by atoms with Gasteiger partial charge >= 0.3 is 6.36 Å². The first-order chi connectivity index (χ1) is 6.94. The minimum atomic E-state index is -4.83. The van der Waals surface area contributed by atoms with E-state index in [1.807, 2.05) is 0 Å². The van der Waals surface area contributed by atoms with Crippen LogP contribution in [-0.2, 0) is 5.88 Å². The van der Waals surface area contributed by atoms with Gasteiger partial charge in [-0.25, -0.2) is 4.98 Å². The molecule has 0 fully saturated rings. The van der Waals surface area contributed by atoms with Crippen molar-refractivity contribution < 1.29 is 17.9 Å². The molecular formula is C8H4ClF3N2O. The van der Waals surface area contributed by atoms with Crippen molar-refractivity contribution in [2.24, 2.45) is 0 Å². The zero-order chi connectivity index (χ0) is 11.5. The summed E-state index contributed by atoms with van der Waals surface area (Å²) in [6, 6.07) is 3.93. The molecule has 0 saturated carbocycles. The zero-order valence-corrected chi connectivity index (χ0v) is 7.93. The summed E-state index contributed by atoms with van der Waals surface area (Å²) in [5.74, 6) is -0.706. The number of alkyl halides is 4. The first kappa shape index (κ1) is 11.6. The van der Waals surface area contributed by atoms with E-state index in [1.54, 1.807) is 6.07 Å². The highest BCUT2D eigenvalue weighted by Crippen LogP contribution is 2.22. The number of pyridine rings is 1. The molecule has 0 amide bonds. The number of aromatic nitrogens is 1. The summed E-state index contributed by atoms with van der Waals surface area (Å²) in [5, 5.41) is 8.49. The molecule has 0 aliphatic carbocycles. The van der Waals surface area contributed by atoms with Crippen molar-refractivity contribution in [2.45, 2.75) is 12.2 Å². The Balaban J connectivity index is 3.03. The highest BCUT2D eigenvalue weighted by atomic mass is 35.5. The molecule has 80 valence electrons. The van der Waals surface area contributed by atoms with Crippen molar-refractivity contribution in [1.82, 2.24) is 4.98 Å². The molecule has 0 radical (unpaired) electrons. The summed E-state index contributed by atoms with van der Waals surface area (Å²) in [6.07, 6.45) is -4.83. The highest BCUT2D eigenvalue weighted by molar-refractivity contribution is 6.17. The van der Waals surface area contributed by atoms with Crippen LogP contribution in [0.5, 0.6) is 5.88 Å². The first-order valence-corrected chi connectivity index (χ1v) is 4.21. The minimum absolute atomic E-state index is 0.0224. The highest BCUT2D eigenvalue weighted by Gasteiger charge is 2.32. The predicted molar refractivity (Wildman–Crippen MR) is 45.2 cm³/mol. The van der Waals surface area contributed by atoms with Crippen molar-refractivity contribution in [3.05, 3.63) is 23.4 Å². The Morgan fingerprint density at radius 3 is 2.60 bits per heavy atom. The van der Waals surface area contributed by atoms with E-state index < -0.39 is 12.2 Å². The molecule has 7 heteroatoms. The lowest BCUT2D eigenvalue weighted by Gasteiger charge is -2.08. The number of nitriles is 1. The van der Waals surface area contributed by atoms with E-state index in [0.717, 1.165) is 6.07 Å². The van der Waals surface area contributed by atoms with Crippen LogP contribution < -0.4 is 4.74 Å². The van der Waals surface area contributed by atoms with Crippen LogP contribution >= 0.6 is 11.6 Å². The fraction of sp³-hybridized carbons (Fsp3) is 0.250. The van der Waals surface area contributed by atoms with Gasteiger partial charge in [-0.15, -0.1) is 24.8 Å². The normalized spacial score (nSPS) is 10.9. The van der Waals surface area contributed by atoms with E-state index >= 15 is 0 Å². The summed E-state index contributed by atoms with van der Waals surface area (Å²) >= 11 is 5.43. The van der Waals surface area contributed by atoms with Crippen LogP contribution in [0.4, 0.5) is 13.2 Å². The molecule has 0 bridgehead atoms. The average molecular weight is 237 g/mol. The van der Waals surface area contributed by atoms with Crippen LogP contribution in [0.2, 0.25) is 0 Å². The molecule has 1 heterocycles. The van der Waals surface area contributed by atoms with Crippen molar-refractivity contribution >= 4 is 11.6 Å².